The number of aryl methyl sites for hydroxylation is 2. The molecule has 0 spiro atoms. The molecule has 0 saturated carbocycles. The number of rotatable bonds is 5. The van der Waals surface area contributed by atoms with Gasteiger partial charge in [-0.25, -0.2) is 9.78 Å². The lowest BCUT2D eigenvalue weighted by atomic mass is 10.0. The second kappa shape index (κ2) is 7.32. The predicted octanol–water partition coefficient (Wildman–Crippen LogP) is 3.41. The maximum Gasteiger partial charge on any atom is 0.379 e. The van der Waals surface area contributed by atoms with Gasteiger partial charge in [0.25, 0.3) is 0 Å². The van der Waals surface area contributed by atoms with Gasteiger partial charge in [-0.2, -0.15) is 0 Å². The summed E-state index contributed by atoms with van der Waals surface area (Å²) in [5.74, 6) is 1.26. The molecule has 1 amide bonds. The van der Waals surface area contributed by atoms with Crippen LogP contribution in [0.3, 0.4) is 0 Å². The Morgan fingerprint density at radius 3 is 3.04 bits per heavy atom. The van der Waals surface area contributed by atoms with Crippen molar-refractivity contribution in [2.24, 2.45) is 7.05 Å². The summed E-state index contributed by atoms with van der Waals surface area (Å²) in [5, 5.41) is 3.67. The Hall–Kier alpha value is -3.00. The molecule has 0 fully saturated rings. The first kappa shape index (κ1) is 17.4. The maximum atomic E-state index is 12.3. The zero-order chi connectivity index (χ0) is 18.8. The molecule has 0 radical (unpaired) electrons. The summed E-state index contributed by atoms with van der Waals surface area (Å²) >= 11 is 1.52. The summed E-state index contributed by atoms with van der Waals surface area (Å²) in [4.78, 5) is 28.0. The lowest BCUT2D eigenvalue weighted by Crippen LogP contribution is -2.19. The summed E-state index contributed by atoms with van der Waals surface area (Å²) in [6.45, 7) is 0. The van der Waals surface area contributed by atoms with Gasteiger partial charge < -0.3 is 19.0 Å². The Labute approximate surface area is 159 Å². The number of carbonyl (C=O) groups is 2. The largest absolute Gasteiger partial charge is 0.453 e. The second-order valence-electron chi connectivity index (χ2n) is 6.13. The molecule has 4 rings (SSSR count). The van der Waals surface area contributed by atoms with Gasteiger partial charge in [-0.05, 0) is 42.3 Å². The van der Waals surface area contributed by atoms with Crippen molar-refractivity contribution in [1.29, 1.82) is 0 Å². The van der Waals surface area contributed by atoms with E-state index in [-0.39, 0.29) is 11.7 Å². The van der Waals surface area contributed by atoms with E-state index in [9.17, 15) is 9.59 Å². The Morgan fingerprint density at radius 1 is 1.33 bits per heavy atom. The smallest absolute Gasteiger partial charge is 0.379 e. The quantitative estimate of drug-likeness (QED) is 0.413. The first-order valence-corrected chi connectivity index (χ1v) is 9.41. The van der Waals surface area contributed by atoms with Gasteiger partial charge in [-0.3, -0.25) is 4.79 Å². The van der Waals surface area contributed by atoms with E-state index in [1.807, 2.05) is 17.8 Å². The minimum absolute atomic E-state index is 0.00114. The molecule has 0 aliphatic carbocycles. The Morgan fingerprint density at radius 2 is 2.22 bits per heavy atom. The fourth-order valence-electron chi connectivity index (χ4n) is 2.77. The van der Waals surface area contributed by atoms with Gasteiger partial charge in [0.05, 0.1) is 5.75 Å². The third-order valence-electron chi connectivity index (χ3n) is 4.17. The lowest BCUT2D eigenvalue weighted by Gasteiger charge is -2.17. The van der Waals surface area contributed by atoms with Crippen molar-refractivity contribution in [2.75, 3.05) is 5.32 Å². The van der Waals surface area contributed by atoms with Crippen LogP contribution >= 0.6 is 11.8 Å². The first-order chi connectivity index (χ1) is 13.1. The normalized spacial score (nSPS) is 13.1. The number of carbonyl (C=O) groups excluding carboxylic acids is 2. The molecule has 0 bridgehead atoms. The number of benzene rings is 1. The number of hydrogen-bond donors (Lipinski definition) is 1. The monoisotopic (exact) mass is 383 g/mol. The van der Waals surface area contributed by atoms with E-state index in [0.29, 0.717) is 30.1 Å². The standard InChI is InChI=1S/C19H17N3O4S/c1-22-9-8-20-19(22)27-11-14-4-6-16(25-14)18(24)26-13-3-5-15-12(10-13)2-7-17(23)21-15/h3-6,8-10H,2,7,11H2,1H3,(H,21,23). The number of imidazole rings is 1. The minimum atomic E-state index is -0.553. The SMILES string of the molecule is Cn1ccnc1SCc1ccc(C(=O)Oc2ccc3c(c2)CCC(=O)N3)o1. The fraction of sp³-hybridized carbons (Fsp3) is 0.211. The van der Waals surface area contributed by atoms with Crippen molar-refractivity contribution in [2.45, 2.75) is 23.8 Å². The topological polar surface area (TPSA) is 86.4 Å². The second-order valence-corrected chi connectivity index (χ2v) is 7.07. The molecular weight excluding hydrogens is 366 g/mol. The van der Waals surface area contributed by atoms with Crippen molar-refractivity contribution in [1.82, 2.24) is 9.55 Å². The zero-order valence-corrected chi connectivity index (χ0v) is 15.4. The number of amides is 1. The number of furan rings is 1. The molecule has 0 atom stereocenters. The van der Waals surface area contributed by atoms with Crippen LogP contribution in [0.4, 0.5) is 5.69 Å². The third-order valence-corrected chi connectivity index (χ3v) is 5.25. The molecule has 0 saturated heterocycles. The molecule has 0 unspecified atom stereocenters. The average Bonchev–Trinajstić information content (AvgIpc) is 3.29. The van der Waals surface area contributed by atoms with Crippen molar-refractivity contribution < 1.29 is 18.7 Å². The minimum Gasteiger partial charge on any atom is -0.453 e. The molecule has 1 aromatic carbocycles. The van der Waals surface area contributed by atoms with Crippen LogP contribution in [-0.4, -0.2) is 21.4 Å². The summed E-state index contributed by atoms with van der Waals surface area (Å²) in [5.41, 5.74) is 1.71. The molecule has 2 aromatic heterocycles. The third kappa shape index (κ3) is 3.90. The van der Waals surface area contributed by atoms with Crippen LogP contribution in [0.15, 0.2) is 52.3 Å². The van der Waals surface area contributed by atoms with Gasteiger partial charge in [-0.15, -0.1) is 0 Å². The van der Waals surface area contributed by atoms with Gasteiger partial charge >= 0.3 is 5.97 Å². The van der Waals surface area contributed by atoms with Crippen LogP contribution in [0, 0.1) is 0 Å². The number of nitrogens with one attached hydrogen (secondary N) is 1. The van der Waals surface area contributed by atoms with Gasteiger partial charge in [0.2, 0.25) is 11.7 Å². The van der Waals surface area contributed by atoms with Crippen LogP contribution in [-0.2, 0) is 24.0 Å². The van der Waals surface area contributed by atoms with E-state index in [1.165, 1.54) is 11.8 Å². The van der Waals surface area contributed by atoms with Crippen molar-refractivity contribution >= 4 is 29.3 Å². The van der Waals surface area contributed by atoms with Crippen LogP contribution in [0.25, 0.3) is 0 Å². The summed E-state index contributed by atoms with van der Waals surface area (Å²) in [6, 6.07) is 8.53. The molecule has 1 aliphatic heterocycles. The molecular formula is C19H17N3O4S. The number of hydrogen-bond acceptors (Lipinski definition) is 6. The number of fused-ring (bicyclic) bond motifs is 1. The molecule has 7 nitrogen and oxygen atoms in total. The molecule has 1 aliphatic rings. The Balaban J connectivity index is 1.39. The van der Waals surface area contributed by atoms with Crippen LogP contribution in [0.5, 0.6) is 5.75 Å². The van der Waals surface area contributed by atoms with Crippen molar-refractivity contribution in [3.63, 3.8) is 0 Å². The average molecular weight is 383 g/mol. The lowest BCUT2D eigenvalue weighted by molar-refractivity contribution is -0.116. The molecule has 8 heteroatoms. The van der Waals surface area contributed by atoms with Gasteiger partial charge in [-0.1, -0.05) is 11.8 Å². The highest BCUT2D eigenvalue weighted by molar-refractivity contribution is 7.98. The zero-order valence-electron chi connectivity index (χ0n) is 14.6. The Kier molecular flexibility index (Phi) is 4.72. The number of anilines is 1. The molecule has 138 valence electrons. The van der Waals surface area contributed by atoms with E-state index in [4.69, 9.17) is 9.15 Å². The van der Waals surface area contributed by atoms with Crippen LogP contribution in [0.2, 0.25) is 0 Å². The molecule has 1 N–H and O–H groups in total. The van der Waals surface area contributed by atoms with Crippen LogP contribution < -0.4 is 10.1 Å². The highest BCUT2D eigenvalue weighted by atomic mass is 32.2. The summed E-state index contributed by atoms with van der Waals surface area (Å²) in [7, 11) is 1.92. The van der Waals surface area contributed by atoms with Crippen molar-refractivity contribution in [3.05, 3.63) is 59.8 Å². The fourth-order valence-corrected chi connectivity index (χ4v) is 3.60. The van der Waals surface area contributed by atoms with E-state index >= 15 is 0 Å². The van der Waals surface area contributed by atoms with Gasteiger partial charge in [0, 0.05) is 31.5 Å². The van der Waals surface area contributed by atoms with E-state index < -0.39 is 5.97 Å². The highest BCUT2D eigenvalue weighted by Gasteiger charge is 2.18. The number of esters is 1. The van der Waals surface area contributed by atoms with E-state index in [0.717, 1.165) is 16.4 Å². The Bertz CT molecular complexity index is 1010. The summed E-state index contributed by atoms with van der Waals surface area (Å²) < 4.78 is 12.9. The first-order valence-electron chi connectivity index (χ1n) is 8.42. The number of nitrogens with zero attached hydrogens (tertiary/aromatic N) is 2. The summed E-state index contributed by atoms with van der Waals surface area (Å²) in [6.07, 6.45) is 4.66. The maximum absolute atomic E-state index is 12.3. The number of aromatic nitrogens is 2. The number of thioether (sulfide) groups is 1. The molecule has 3 heterocycles. The number of ether oxygens (including phenoxy) is 1. The van der Waals surface area contributed by atoms with E-state index in [2.05, 4.69) is 10.3 Å². The molecule has 27 heavy (non-hydrogen) atoms. The van der Waals surface area contributed by atoms with Gasteiger partial charge in [0.15, 0.2) is 5.16 Å². The van der Waals surface area contributed by atoms with E-state index in [1.54, 1.807) is 36.5 Å². The molecule has 3 aromatic rings. The van der Waals surface area contributed by atoms with Crippen molar-refractivity contribution in [3.8, 4) is 5.75 Å². The van der Waals surface area contributed by atoms with Crippen LogP contribution in [0.1, 0.15) is 28.3 Å². The highest BCUT2D eigenvalue weighted by Crippen LogP contribution is 2.28. The predicted molar refractivity (Wildman–Crippen MR) is 99.8 cm³/mol. The van der Waals surface area contributed by atoms with Gasteiger partial charge in [0.1, 0.15) is 11.5 Å².